The minimum atomic E-state index is -0.932. The first-order valence-corrected chi connectivity index (χ1v) is 14.2. The van der Waals surface area contributed by atoms with E-state index in [1.807, 2.05) is 24.3 Å². The van der Waals surface area contributed by atoms with Crippen LogP contribution in [0, 0.1) is 0 Å². The molecule has 0 radical (unpaired) electrons. The van der Waals surface area contributed by atoms with Crippen LogP contribution in [0.5, 0.6) is 5.75 Å². The van der Waals surface area contributed by atoms with Crippen LogP contribution >= 0.6 is 23.4 Å². The van der Waals surface area contributed by atoms with Crippen molar-refractivity contribution in [3.8, 4) is 5.75 Å². The molecule has 1 aliphatic carbocycles. The van der Waals surface area contributed by atoms with Crippen molar-refractivity contribution < 1.29 is 29.2 Å². The SMILES string of the molecule is COCOc1ccc(C2CC2)cc1Sc1ccc(CC[C@](CO)(CCCO)NC(=O)OC(C)(C)C)c(Cl)c1. The van der Waals surface area contributed by atoms with Gasteiger partial charge in [0.25, 0.3) is 0 Å². The smallest absolute Gasteiger partial charge is 0.408 e. The van der Waals surface area contributed by atoms with Crippen LogP contribution in [0.3, 0.4) is 0 Å². The molecular formula is C29H40ClNO6S. The average molecular weight is 566 g/mol. The molecule has 210 valence electrons. The van der Waals surface area contributed by atoms with Crippen molar-refractivity contribution in [3.63, 3.8) is 0 Å². The zero-order chi connectivity index (χ0) is 27.8. The molecule has 1 atom stereocenters. The minimum Gasteiger partial charge on any atom is -0.466 e. The number of benzene rings is 2. The Morgan fingerprint density at radius 3 is 2.50 bits per heavy atom. The lowest BCUT2D eigenvalue weighted by atomic mass is 9.87. The van der Waals surface area contributed by atoms with Gasteiger partial charge in [-0.15, -0.1) is 0 Å². The highest BCUT2D eigenvalue weighted by molar-refractivity contribution is 7.99. The lowest BCUT2D eigenvalue weighted by molar-refractivity contribution is 0.0364. The maximum absolute atomic E-state index is 12.5. The number of nitrogens with one attached hydrogen (secondary N) is 1. The minimum absolute atomic E-state index is 0.0392. The second kappa shape index (κ2) is 13.9. The van der Waals surface area contributed by atoms with Crippen molar-refractivity contribution in [1.82, 2.24) is 5.32 Å². The molecule has 0 spiro atoms. The van der Waals surface area contributed by atoms with E-state index in [-0.39, 0.29) is 20.0 Å². The number of aryl methyl sites for hydroxylation is 1. The molecule has 1 amide bonds. The van der Waals surface area contributed by atoms with Crippen molar-refractivity contribution in [1.29, 1.82) is 0 Å². The number of ether oxygens (including phenoxy) is 3. The molecule has 0 bridgehead atoms. The summed E-state index contributed by atoms with van der Waals surface area (Å²) >= 11 is 8.29. The summed E-state index contributed by atoms with van der Waals surface area (Å²) in [6.45, 7) is 5.22. The summed E-state index contributed by atoms with van der Waals surface area (Å²) in [5.74, 6) is 1.40. The monoisotopic (exact) mass is 565 g/mol. The normalized spacial score (nSPS) is 15.1. The first-order chi connectivity index (χ1) is 18.1. The van der Waals surface area contributed by atoms with Gasteiger partial charge in [0.05, 0.1) is 17.0 Å². The summed E-state index contributed by atoms with van der Waals surface area (Å²) in [6.07, 6.45) is 3.67. The summed E-state index contributed by atoms with van der Waals surface area (Å²) in [6, 6.07) is 12.2. The van der Waals surface area contributed by atoms with E-state index in [9.17, 15) is 15.0 Å². The van der Waals surface area contributed by atoms with Crippen molar-refractivity contribution >= 4 is 29.5 Å². The number of halogens is 1. The van der Waals surface area contributed by atoms with E-state index in [1.54, 1.807) is 39.6 Å². The number of hydrogen-bond donors (Lipinski definition) is 3. The molecule has 3 N–H and O–H groups in total. The second-order valence-corrected chi connectivity index (χ2v) is 12.3. The molecule has 2 aromatic carbocycles. The maximum atomic E-state index is 12.5. The predicted molar refractivity (Wildman–Crippen MR) is 150 cm³/mol. The number of amides is 1. The number of alkyl carbamates (subject to hydrolysis) is 1. The number of aliphatic hydroxyl groups is 2. The molecule has 38 heavy (non-hydrogen) atoms. The fourth-order valence-electron chi connectivity index (χ4n) is 4.20. The molecule has 7 nitrogen and oxygen atoms in total. The largest absolute Gasteiger partial charge is 0.466 e. The Hall–Kier alpha value is -1.97. The van der Waals surface area contributed by atoms with Gasteiger partial charge in [-0.2, -0.15) is 0 Å². The number of rotatable bonds is 14. The van der Waals surface area contributed by atoms with E-state index in [1.165, 1.54) is 18.4 Å². The summed E-state index contributed by atoms with van der Waals surface area (Å²) in [5, 5.41) is 23.1. The highest BCUT2D eigenvalue weighted by Crippen LogP contribution is 2.44. The number of hydrogen-bond acceptors (Lipinski definition) is 7. The Balaban J connectivity index is 1.73. The van der Waals surface area contributed by atoms with Crippen molar-refractivity contribution in [2.24, 2.45) is 0 Å². The van der Waals surface area contributed by atoms with E-state index in [0.29, 0.717) is 36.6 Å². The van der Waals surface area contributed by atoms with E-state index >= 15 is 0 Å². The molecule has 3 rings (SSSR count). The number of methoxy groups -OCH3 is 1. The molecule has 2 aromatic rings. The van der Waals surface area contributed by atoms with E-state index in [4.69, 9.17) is 25.8 Å². The van der Waals surface area contributed by atoms with Gasteiger partial charge in [-0.1, -0.05) is 35.5 Å². The fourth-order valence-corrected chi connectivity index (χ4v) is 5.53. The van der Waals surface area contributed by atoms with Crippen LogP contribution in [0.4, 0.5) is 4.79 Å². The Bertz CT molecular complexity index is 1070. The molecule has 0 unspecified atom stereocenters. The Labute approximate surface area is 235 Å². The quantitative estimate of drug-likeness (QED) is 0.231. The highest BCUT2D eigenvalue weighted by Gasteiger charge is 2.33. The Morgan fingerprint density at radius 2 is 1.89 bits per heavy atom. The summed E-state index contributed by atoms with van der Waals surface area (Å²) in [7, 11) is 1.60. The molecular weight excluding hydrogens is 526 g/mol. The van der Waals surface area contributed by atoms with Gasteiger partial charge in [-0.25, -0.2) is 4.79 Å². The summed E-state index contributed by atoms with van der Waals surface area (Å²) < 4.78 is 16.3. The first-order valence-electron chi connectivity index (χ1n) is 13.0. The molecule has 9 heteroatoms. The predicted octanol–water partition coefficient (Wildman–Crippen LogP) is 6.31. The van der Waals surface area contributed by atoms with Crippen LogP contribution in [0.1, 0.15) is 69.9 Å². The number of carbonyl (C=O) groups excluding carboxylic acids is 1. The van der Waals surface area contributed by atoms with E-state index in [0.717, 1.165) is 21.1 Å². The Kier molecular flexibility index (Phi) is 11.2. The van der Waals surface area contributed by atoms with E-state index in [2.05, 4.69) is 17.4 Å². The fraction of sp³-hybridized carbons (Fsp3) is 0.552. The third-order valence-corrected chi connectivity index (χ3v) is 7.74. The topological polar surface area (TPSA) is 97.3 Å². The molecule has 0 saturated heterocycles. The van der Waals surface area contributed by atoms with E-state index < -0.39 is 17.2 Å². The van der Waals surface area contributed by atoms with Gasteiger partial charge in [-0.3, -0.25) is 0 Å². The van der Waals surface area contributed by atoms with Crippen LogP contribution in [0.2, 0.25) is 5.02 Å². The van der Waals surface area contributed by atoms with Crippen LogP contribution in [-0.2, 0) is 15.9 Å². The van der Waals surface area contributed by atoms with Crippen LogP contribution in [0.25, 0.3) is 0 Å². The van der Waals surface area contributed by atoms with Gasteiger partial charge >= 0.3 is 6.09 Å². The van der Waals surface area contributed by atoms with Crippen LogP contribution in [0.15, 0.2) is 46.2 Å². The van der Waals surface area contributed by atoms with Gasteiger partial charge < -0.3 is 29.7 Å². The van der Waals surface area contributed by atoms with Gasteiger partial charge in [0.2, 0.25) is 0 Å². The third kappa shape index (κ3) is 9.35. The van der Waals surface area contributed by atoms with Gasteiger partial charge in [0.15, 0.2) is 6.79 Å². The van der Waals surface area contributed by atoms with Gasteiger partial charge in [0, 0.05) is 23.6 Å². The first kappa shape index (κ1) is 30.6. The number of carbonyl (C=O) groups is 1. The zero-order valence-corrected chi connectivity index (χ0v) is 24.3. The average Bonchev–Trinajstić information content (AvgIpc) is 3.70. The highest BCUT2D eigenvalue weighted by atomic mass is 35.5. The molecule has 1 saturated carbocycles. The third-order valence-electron chi connectivity index (χ3n) is 6.36. The van der Waals surface area contributed by atoms with Crippen molar-refractivity contribution in [2.45, 2.75) is 86.1 Å². The summed E-state index contributed by atoms with van der Waals surface area (Å²) in [5.41, 5.74) is 0.636. The van der Waals surface area contributed by atoms with Gasteiger partial charge in [-0.05, 0) is 101 Å². The van der Waals surface area contributed by atoms with Crippen molar-refractivity contribution in [2.75, 3.05) is 27.1 Å². The molecule has 0 aromatic heterocycles. The zero-order valence-electron chi connectivity index (χ0n) is 22.7. The van der Waals surface area contributed by atoms with Crippen LogP contribution in [-0.4, -0.2) is 54.6 Å². The van der Waals surface area contributed by atoms with Crippen molar-refractivity contribution in [3.05, 3.63) is 52.5 Å². The van der Waals surface area contributed by atoms with Gasteiger partial charge in [0.1, 0.15) is 11.4 Å². The Morgan fingerprint density at radius 1 is 1.13 bits per heavy atom. The molecule has 1 aliphatic rings. The lowest BCUT2D eigenvalue weighted by Gasteiger charge is -2.34. The number of aliphatic hydroxyl groups excluding tert-OH is 2. The maximum Gasteiger partial charge on any atom is 0.408 e. The second-order valence-electron chi connectivity index (χ2n) is 10.8. The molecule has 1 fully saturated rings. The molecule has 0 heterocycles. The lowest BCUT2D eigenvalue weighted by Crippen LogP contribution is -2.53. The molecule has 0 aliphatic heterocycles. The van der Waals surface area contributed by atoms with Crippen LogP contribution < -0.4 is 10.1 Å². The standard InChI is InChI=1S/C29H40ClNO6S/c1-28(2,3)37-27(34)31-29(18-33,13-5-15-32)14-12-21-8-10-23(17-24(21)30)38-26-16-22(20-6-7-20)9-11-25(26)36-19-35-4/h8-11,16-17,20,32-33H,5-7,12-15,18-19H2,1-4H3,(H,31,34)/t29-/m0/s1. The summed E-state index contributed by atoms with van der Waals surface area (Å²) in [4.78, 5) is 14.5.